The van der Waals surface area contributed by atoms with Crippen LogP contribution in [0.2, 0.25) is 0 Å². The van der Waals surface area contributed by atoms with Gasteiger partial charge in [0, 0.05) is 38.8 Å². The summed E-state index contributed by atoms with van der Waals surface area (Å²) in [6, 6.07) is 75.0. The molecule has 10 aromatic rings. The van der Waals surface area contributed by atoms with Gasteiger partial charge >= 0.3 is 0 Å². The van der Waals surface area contributed by atoms with E-state index >= 15 is 0 Å². The number of rotatable bonds is 7. The average molecular weight is 770 g/mol. The Balaban J connectivity index is 0.983. The molecule has 0 atom stereocenters. The minimum Gasteiger partial charge on any atom is -0.455 e. The van der Waals surface area contributed by atoms with Gasteiger partial charge in [0.15, 0.2) is 0 Å². The topological polar surface area (TPSA) is 16.4 Å². The molecular weight excluding hydrogens is 727 g/mol. The van der Waals surface area contributed by atoms with E-state index in [0.717, 1.165) is 50.1 Å². The summed E-state index contributed by atoms with van der Waals surface area (Å²) in [7, 11) is 0. The summed E-state index contributed by atoms with van der Waals surface area (Å²) in [6.45, 7) is 6.86. The zero-order valence-corrected chi connectivity index (χ0v) is 34.0. The van der Waals surface area contributed by atoms with E-state index in [0.29, 0.717) is 0 Å². The summed E-state index contributed by atoms with van der Waals surface area (Å²) in [5, 5.41) is 2.28. The minimum atomic E-state index is -0.180. The van der Waals surface area contributed by atoms with Crippen LogP contribution in [0.15, 0.2) is 211 Å². The van der Waals surface area contributed by atoms with Gasteiger partial charge in [-0.3, -0.25) is 0 Å². The fourth-order valence-corrected chi connectivity index (χ4v) is 9.29. The molecule has 0 bridgehead atoms. The molecule has 0 saturated heterocycles. The number of hydrogen-bond acceptors (Lipinski definition) is 2. The van der Waals surface area contributed by atoms with Gasteiger partial charge in [-0.25, -0.2) is 0 Å². The van der Waals surface area contributed by atoms with Gasteiger partial charge in [-0.2, -0.15) is 0 Å². The predicted octanol–water partition coefficient (Wildman–Crippen LogP) is 16.3. The molecule has 1 aliphatic rings. The van der Waals surface area contributed by atoms with E-state index < -0.39 is 0 Å². The van der Waals surface area contributed by atoms with E-state index in [9.17, 15) is 0 Å². The number of benzene rings is 9. The normalized spacial score (nSPS) is 12.7. The summed E-state index contributed by atoms with van der Waals surface area (Å²) in [6.07, 6.45) is 0. The molecule has 286 valence electrons. The van der Waals surface area contributed by atoms with Gasteiger partial charge in [-0.05, 0) is 117 Å². The van der Waals surface area contributed by atoms with E-state index in [1.807, 2.05) is 12.1 Å². The number of hydrogen-bond donors (Lipinski definition) is 0. The molecule has 11 rings (SSSR count). The van der Waals surface area contributed by atoms with Crippen LogP contribution in [-0.4, -0.2) is 0 Å². The van der Waals surface area contributed by atoms with Crippen molar-refractivity contribution < 1.29 is 4.42 Å². The van der Waals surface area contributed by atoms with E-state index in [1.165, 1.54) is 61.2 Å². The smallest absolute Gasteiger partial charge is 0.143 e. The van der Waals surface area contributed by atoms with Crippen molar-refractivity contribution >= 4 is 39.0 Å². The van der Waals surface area contributed by atoms with Crippen molar-refractivity contribution in [3.8, 4) is 55.6 Å². The van der Waals surface area contributed by atoms with Crippen molar-refractivity contribution in [2.45, 2.75) is 26.2 Å². The third-order valence-corrected chi connectivity index (χ3v) is 12.6. The maximum absolute atomic E-state index is 6.45. The first kappa shape index (κ1) is 35.7. The lowest BCUT2D eigenvalue weighted by Gasteiger charge is -2.28. The van der Waals surface area contributed by atoms with Crippen LogP contribution in [0.1, 0.15) is 30.5 Å². The van der Waals surface area contributed by atoms with Gasteiger partial charge in [0.1, 0.15) is 11.2 Å². The lowest BCUT2D eigenvalue weighted by Crippen LogP contribution is -2.16. The van der Waals surface area contributed by atoms with Crippen molar-refractivity contribution in [2.24, 2.45) is 0 Å². The monoisotopic (exact) mass is 769 g/mol. The van der Waals surface area contributed by atoms with Gasteiger partial charge < -0.3 is 9.32 Å². The third-order valence-electron chi connectivity index (χ3n) is 12.6. The molecule has 0 spiro atoms. The molecule has 60 heavy (non-hydrogen) atoms. The van der Waals surface area contributed by atoms with Crippen molar-refractivity contribution in [1.29, 1.82) is 0 Å². The Morgan fingerprint density at radius 3 is 1.52 bits per heavy atom. The van der Waals surface area contributed by atoms with E-state index in [4.69, 9.17) is 4.42 Å². The summed E-state index contributed by atoms with van der Waals surface area (Å²) in [4.78, 5) is 2.39. The highest BCUT2D eigenvalue weighted by Gasteiger charge is 2.36. The van der Waals surface area contributed by atoms with Crippen LogP contribution in [0, 0.1) is 6.92 Å². The molecule has 1 aliphatic carbocycles. The summed E-state index contributed by atoms with van der Waals surface area (Å²) < 4.78 is 6.45. The van der Waals surface area contributed by atoms with Gasteiger partial charge in [0.05, 0.1) is 0 Å². The molecular formula is C58H43NO. The summed E-state index contributed by atoms with van der Waals surface area (Å²) >= 11 is 0. The average Bonchev–Trinajstić information content (AvgIpc) is 3.79. The van der Waals surface area contributed by atoms with E-state index in [2.05, 4.69) is 220 Å². The lowest BCUT2D eigenvalue weighted by atomic mass is 9.81. The van der Waals surface area contributed by atoms with Crippen molar-refractivity contribution in [2.75, 3.05) is 4.90 Å². The van der Waals surface area contributed by atoms with Crippen molar-refractivity contribution in [1.82, 2.24) is 0 Å². The number of furan rings is 1. The molecule has 0 amide bonds. The highest BCUT2D eigenvalue weighted by Crippen LogP contribution is 2.52. The summed E-state index contributed by atoms with van der Waals surface area (Å²) in [5.74, 6) is 0. The number of nitrogens with zero attached hydrogens (tertiary/aromatic N) is 1. The standard InChI is InChI=1S/C58H43NO/c1-38-16-18-40(19-17-38)41-20-22-42(23-21-41)43-24-29-46(30-25-43)59(47-31-26-44(27-32-47)49-13-9-14-53-52-12-7-8-15-56(52)60-57(49)53)48-33-35-51-50-34-28-45(39-10-5-4-6-11-39)36-54(50)58(2,3)55(51)37-48/h4-37H,1-3H3. The molecule has 0 unspecified atom stereocenters. The summed E-state index contributed by atoms with van der Waals surface area (Å²) in [5.41, 5.74) is 21.1. The van der Waals surface area contributed by atoms with Crippen molar-refractivity contribution in [3.63, 3.8) is 0 Å². The second kappa shape index (κ2) is 14.1. The molecule has 9 aromatic carbocycles. The van der Waals surface area contributed by atoms with Crippen LogP contribution in [0.4, 0.5) is 17.1 Å². The maximum atomic E-state index is 6.45. The Morgan fingerprint density at radius 2 is 0.850 bits per heavy atom. The Kier molecular flexibility index (Phi) is 8.42. The number of para-hydroxylation sites is 2. The van der Waals surface area contributed by atoms with Gasteiger partial charge in [0.2, 0.25) is 0 Å². The highest BCUT2D eigenvalue weighted by atomic mass is 16.3. The fraction of sp³-hybridized carbons (Fsp3) is 0.0690. The molecule has 0 fully saturated rings. The Bertz CT molecular complexity index is 3190. The highest BCUT2D eigenvalue weighted by molar-refractivity contribution is 6.09. The minimum absolute atomic E-state index is 0.180. The van der Waals surface area contributed by atoms with E-state index in [1.54, 1.807) is 0 Å². The molecule has 2 heteroatoms. The SMILES string of the molecule is Cc1ccc(-c2ccc(-c3ccc(N(c4ccc(-c5cccc6c5oc5ccccc56)cc4)c4ccc5c(c4)C(C)(C)c4cc(-c6ccccc6)ccc4-5)cc3)cc2)cc1. The second-order valence-electron chi connectivity index (χ2n) is 16.6. The first-order chi connectivity index (χ1) is 29.4. The maximum Gasteiger partial charge on any atom is 0.143 e. The van der Waals surface area contributed by atoms with Gasteiger partial charge in [-0.15, -0.1) is 0 Å². The van der Waals surface area contributed by atoms with Crippen LogP contribution in [0.25, 0.3) is 77.6 Å². The Hall–Kier alpha value is -7.42. The Morgan fingerprint density at radius 1 is 0.367 bits per heavy atom. The first-order valence-corrected chi connectivity index (χ1v) is 20.8. The van der Waals surface area contributed by atoms with Gasteiger partial charge in [-0.1, -0.05) is 177 Å². The molecule has 0 saturated carbocycles. The van der Waals surface area contributed by atoms with Crippen LogP contribution in [0.5, 0.6) is 0 Å². The van der Waals surface area contributed by atoms with Crippen LogP contribution in [-0.2, 0) is 5.41 Å². The Labute approximate surface area is 351 Å². The zero-order chi connectivity index (χ0) is 40.4. The molecule has 0 radical (unpaired) electrons. The second-order valence-corrected chi connectivity index (χ2v) is 16.6. The largest absolute Gasteiger partial charge is 0.455 e. The third kappa shape index (κ3) is 6.03. The molecule has 0 aliphatic heterocycles. The van der Waals surface area contributed by atoms with Crippen LogP contribution in [0.3, 0.4) is 0 Å². The number of fused-ring (bicyclic) bond motifs is 6. The van der Waals surface area contributed by atoms with Crippen molar-refractivity contribution in [3.05, 3.63) is 223 Å². The van der Waals surface area contributed by atoms with E-state index in [-0.39, 0.29) is 5.41 Å². The lowest BCUT2D eigenvalue weighted by molar-refractivity contribution is 0.660. The van der Waals surface area contributed by atoms with Crippen LogP contribution >= 0.6 is 0 Å². The molecule has 1 heterocycles. The zero-order valence-electron chi connectivity index (χ0n) is 34.0. The molecule has 0 N–H and O–H groups in total. The first-order valence-electron chi connectivity index (χ1n) is 20.8. The quantitative estimate of drug-likeness (QED) is 0.161. The van der Waals surface area contributed by atoms with Gasteiger partial charge in [0.25, 0.3) is 0 Å². The van der Waals surface area contributed by atoms with Crippen LogP contribution < -0.4 is 4.90 Å². The number of anilines is 3. The predicted molar refractivity (Wildman–Crippen MR) is 252 cm³/mol. The number of aryl methyl sites for hydroxylation is 1. The fourth-order valence-electron chi connectivity index (χ4n) is 9.29. The molecule has 2 nitrogen and oxygen atoms in total. The molecule has 1 aromatic heterocycles.